The summed E-state index contributed by atoms with van der Waals surface area (Å²) in [5.41, 5.74) is -1.33. The summed E-state index contributed by atoms with van der Waals surface area (Å²) >= 11 is 0. The highest BCUT2D eigenvalue weighted by Crippen LogP contribution is 2.38. The lowest BCUT2D eigenvalue weighted by atomic mass is 10.2. The van der Waals surface area contributed by atoms with E-state index in [1.807, 2.05) is 27.9 Å². The number of rotatable bonds is 6. The number of carbonyl (C=O) groups excluding carboxylic acids is 1. The second-order valence-corrected chi connectivity index (χ2v) is 6.11. The molecule has 0 aliphatic rings. The molecule has 0 radical (unpaired) electrons. The van der Waals surface area contributed by atoms with Gasteiger partial charge in [0.15, 0.2) is 0 Å². The van der Waals surface area contributed by atoms with Gasteiger partial charge in [0, 0.05) is 5.56 Å². The fraction of sp³-hybridized carbons (Fsp3) is 0.333. The van der Waals surface area contributed by atoms with Gasteiger partial charge in [0.25, 0.3) is 11.4 Å². The van der Waals surface area contributed by atoms with Crippen LogP contribution in [-0.2, 0) is 4.79 Å². The minimum Gasteiger partial charge on any atom is -0.497 e. The molecule has 2 rings (SSSR count). The number of nitrogens with one attached hydrogen (secondary N) is 1. The zero-order valence-electron chi connectivity index (χ0n) is 16.3. The number of amides is 1. The quantitative estimate of drug-likeness (QED) is 0.503. The number of phenolic OH excluding ortho intramolecular Hbond substituents is 1. The summed E-state index contributed by atoms with van der Waals surface area (Å²) in [4.78, 5) is 40.9. The molecule has 0 unspecified atom stereocenters. The Bertz CT molecular complexity index is 950. The van der Waals surface area contributed by atoms with Crippen molar-refractivity contribution < 1.29 is 29.2 Å². The fourth-order valence-corrected chi connectivity index (χ4v) is 1.96. The molecule has 15 nitrogen and oxygen atoms in total. The minimum absolute atomic E-state index is 0.103. The molecule has 1 aromatic heterocycles. The van der Waals surface area contributed by atoms with Crippen LogP contribution < -0.4 is 5.32 Å². The van der Waals surface area contributed by atoms with Crippen molar-refractivity contribution in [3.05, 3.63) is 53.7 Å². The molecule has 0 fully saturated rings. The zero-order valence-corrected chi connectivity index (χ0v) is 16.3. The van der Waals surface area contributed by atoms with Crippen molar-refractivity contribution in [1.82, 2.24) is 10.1 Å². The van der Waals surface area contributed by atoms with Gasteiger partial charge in [-0.3, -0.25) is 40.5 Å². The van der Waals surface area contributed by atoms with Crippen LogP contribution in [0.3, 0.4) is 0 Å². The Kier molecular flexibility index (Phi) is 7.87. The highest BCUT2D eigenvalue weighted by molar-refractivity contribution is 5.91. The molecule has 0 aliphatic carbocycles. The third-order valence-electron chi connectivity index (χ3n) is 3.53. The van der Waals surface area contributed by atoms with Gasteiger partial charge in [0.05, 0.1) is 39.1 Å². The number of aromatic hydroxyl groups is 1. The number of benzene rings is 1. The maximum atomic E-state index is 11.3. The SMILES string of the molecule is Cc1noc(NC(=O)CN(C)C)c1C.O=[N+]([O-])c1cc([N+](=O)[O-])c(O)c([N+](=O)[O-])c1. The largest absolute Gasteiger partial charge is 0.497 e. The Morgan fingerprint density at radius 1 is 1.10 bits per heavy atom. The van der Waals surface area contributed by atoms with Gasteiger partial charge in [-0.2, -0.15) is 0 Å². The number of nitrogens with zero attached hydrogens (tertiary/aromatic N) is 5. The van der Waals surface area contributed by atoms with E-state index < -0.39 is 37.6 Å². The van der Waals surface area contributed by atoms with Gasteiger partial charge in [-0.15, -0.1) is 0 Å². The topological polar surface area (TPSA) is 208 Å². The number of nitro groups is 3. The minimum atomic E-state index is -1.21. The van der Waals surface area contributed by atoms with E-state index in [2.05, 4.69) is 10.5 Å². The molecular weight excluding hydrogens is 408 g/mol. The fourth-order valence-electron chi connectivity index (χ4n) is 1.96. The number of carbonyl (C=O) groups is 1. The van der Waals surface area contributed by atoms with Crippen molar-refractivity contribution in [2.45, 2.75) is 13.8 Å². The van der Waals surface area contributed by atoms with Crippen LogP contribution in [0.15, 0.2) is 16.7 Å². The number of phenols is 1. The van der Waals surface area contributed by atoms with Crippen LogP contribution in [0.4, 0.5) is 22.9 Å². The number of hydrogen-bond donors (Lipinski definition) is 2. The average Bonchev–Trinajstić information content (AvgIpc) is 2.93. The first-order valence-corrected chi connectivity index (χ1v) is 8.02. The smallest absolute Gasteiger partial charge is 0.324 e. The Morgan fingerprint density at radius 3 is 1.93 bits per heavy atom. The lowest BCUT2D eigenvalue weighted by Crippen LogP contribution is -2.27. The van der Waals surface area contributed by atoms with Gasteiger partial charge in [-0.05, 0) is 27.9 Å². The van der Waals surface area contributed by atoms with Crippen LogP contribution >= 0.6 is 0 Å². The van der Waals surface area contributed by atoms with Crippen molar-refractivity contribution in [1.29, 1.82) is 0 Å². The van der Waals surface area contributed by atoms with Crippen molar-refractivity contribution in [2.24, 2.45) is 0 Å². The average molecular weight is 426 g/mol. The zero-order chi connectivity index (χ0) is 23.2. The molecule has 30 heavy (non-hydrogen) atoms. The summed E-state index contributed by atoms with van der Waals surface area (Å²) in [6, 6.07) is 0.894. The second kappa shape index (κ2) is 9.87. The Balaban J connectivity index is 0.000000303. The normalized spacial score (nSPS) is 10.2. The summed E-state index contributed by atoms with van der Waals surface area (Å²) in [5.74, 6) is -0.871. The highest BCUT2D eigenvalue weighted by atomic mass is 16.6. The Labute approximate surface area is 168 Å². The Morgan fingerprint density at radius 2 is 1.60 bits per heavy atom. The molecule has 1 heterocycles. The lowest BCUT2D eigenvalue weighted by molar-refractivity contribution is -0.404. The lowest BCUT2D eigenvalue weighted by Gasteiger charge is -2.08. The van der Waals surface area contributed by atoms with E-state index in [4.69, 9.17) is 9.63 Å². The molecule has 0 aliphatic heterocycles. The van der Waals surface area contributed by atoms with Gasteiger partial charge in [0.1, 0.15) is 0 Å². The predicted molar refractivity (Wildman–Crippen MR) is 101 cm³/mol. The first kappa shape index (κ1) is 23.9. The van der Waals surface area contributed by atoms with E-state index in [-0.39, 0.29) is 5.91 Å². The van der Waals surface area contributed by atoms with E-state index in [9.17, 15) is 35.1 Å². The third-order valence-corrected chi connectivity index (χ3v) is 3.53. The number of nitro benzene ring substituents is 3. The number of aromatic nitrogens is 1. The summed E-state index contributed by atoms with van der Waals surface area (Å²) in [7, 11) is 3.66. The van der Waals surface area contributed by atoms with Gasteiger partial charge in [-0.25, -0.2) is 0 Å². The van der Waals surface area contributed by atoms with E-state index in [0.717, 1.165) is 11.3 Å². The predicted octanol–water partition coefficient (Wildman–Crippen LogP) is 1.91. The molecule has 0 saturated heterocycles. The molecule has 0 bridgehead atoms. The molecule has 0 saturated carbocycles. The molecule has 1 aromatic carbocycles. The number of non-ortho nitro benzene ring substituents is 1. The van der Waals surface area contributed by atoms with E-state index in [1.165, 1.54) is 0 Å². The summed E-state index contributed by atoms with van der Waals surface area (Å²) in [5, 5.41) is 46.6. The first-order chi connectivity index (χ1) is 13.8. The number of hydrogen-bond acceptors (Lipinski definition) is 11. The molecule has 162 valence electrons. The second-order valence-electron chi connectivity index (χ2n) is 6.11. The highest BCUT2D eigenvalue weighted by Gasteiger charge is 2.30. The number of likely N-dealkylation sites (N-methyl/N-ethyl adjacent to an activating group) is 1. The maximum Gasteiger partial charge on any atom is 0.324 e. The summed E-state index contributed by atoms with van der Waals surface area (Å²) < 4.78 is 4.95. The first-order valence-electron chi connectivity index (χ1n) is 8.02. The number of aryl methyl sites for hydroxylation is 1. The van der Waals surface area contributed by atoms with Gasteiger partial charge in [0.2, 0.25) is 11.8 Å². The van der Waals surface area contributed by atoms with Crippen LogP contribution in [0, 0.1) is 44.2 Å². The van der Waals surface area contributed by atoms with Crippen molar-refractivity contribution in [3.63, 3.8) is 0 Å². The van der Waals surface area contributed by atoms with Crippen molar-refractivity contribution in [3.8, 4) is 5.75 Å². The number of anilines is 1. The van der Waals surface area contributed by atoms with Gasteiger partial charge >= 0.3 is 11.4 Å². The molecule has 2 aromatic rings. The summed E-state index contributed by atoms with van der Waals surface area (Å²) in [6.45, 7) is 4.02. The molecule has 0 atom stereocenters. The van der Waals surface area contributed by atoms with Crippen molar-refractivity contribution in [2.75, 3.05) is 26.0 Å². The van der Waals surface area contributed by atoms with Crippen LogP contribution in [0.1, 0.15) is 11.3 Å². The van der Waals surface area contributed by atoms with Crippen LogP contribution in [0.5, 0.6) is 5.75 Å². The van der Waals surface area contributed by atoms with Crippen molar-refractivity contribution >= 4 is 28.9 Å². The standard InChI is InChI=1S/C9H15N3O2.C6H3N3O7/c1-6-7(2)11-14-9(6)10-8(13)5-12(3)4;10-6-4(8(13)14)1-3(7(11)12)2-5(6)9(15)16/h5H2,1-4H3,(H,10,13);1-2,10H. The molecule has 1 amide bonds. The molecule has 2 N–H and O–H groups in total. The third kappa shape index (κ3) is 6.20. The molecular formula is C15H18N6O9. The van der Waals surface area contributed by atoms with Gasteiger partial charge in [-0.1, -0.05) is 5.16 Å². The Hall–Kier alpha value is -4.14. The van der Waals surface area contributed by atoms with Gasteiger partial charge < -0.3 is 14.5 Å². The van der Waals surface area contributed by atoms with Crippen LogP contribution in [0.2, 0.25) is 0 Å². The van der Waals surface area contributed by atoms with Crippen LogP contribution in [-0.4, -0.2) is 56.5 Å². The molecule has 0 spiro atoms. The maximum absolute atomic E-state index is 11.3. The van der Waals surface area contributed by atoms with E-state index in [0.29, 0.717) is 24.6 Å². The van der Waals surface area contributed by atoms with E-state index in [1.54, 1.807) is 4.90 Å². The van der Waals surface area contributed by atoms with Crippen LogP contribution in [0.25, 0.3) is 0 Å². The summed E-state index contributed by atoms with van der Waals surface area (Å²) in [6.07, 6.45) is 0. The van der Waals surface area contributed by atoms with E-state index >= 15 is 0 Å². The molecule has 15 heteroatoms. The monoisotopic (exact) mass is 426 g/mol.